The van der Waals surface area contributed by atoms with Gasteiger partial charge in [-0.3, -0.25) is 4.57 Å². The van der Waals surface area contributed by atoms with Crippen LogP contribution in [0.3, 0.4) is 0 Å². The van der Waals surface area contributed by atoms with Gasteiger partial charge in [0.05, 0.1) is 16.2 Å². The second-order valence-corrected chi connectivity index (χ2v) is 5.48. The van der Waals surface area contributed by atoms with Crippen LogP contribution in [0.4, 0.5) is 0 Å². The Hall–Kier alpha value is -1.36. The number of pyridine rings is 1. The monoisotopic (exact) mass is 309 g/mol. The van der Waals surface area contributed by atoms with Gasteiger partial charge in [0.25, 0.3) is 0 Å². The number of hydrogen-bond donors (Lipinski definition) is 1. The lowest BCUT2D eigenvalue weighted by Gasteiger charge is -2.06. The molecule has 1 N–H and O–H groups in total. The van der Waals surface area contributed by atoms with Crippen molar-refractivity contribution in [2.75, 3.05) is 0 Å². The first kappa shape index (κ1) is 12.7. The van der Waals surface area contributed by atoms with Gasteiger partial charge in [-0.15, -0.1) is 0 Å². The topological polar surface area (TPSA) is 33.6 Å². The Morgan fingerprint density at radius 2 is 2.05 bits per heavy atom. The van der Waals surface area contributed by atoms with Crippen molar-refractivity contribution in [1.29, 1.82) is 0 Å². The van der Waals surface area contributed by atoms with Gasteiger partial charge in [0.15, 0.2) is 10.4 Å². The number of benzene rings is 1. The van der Waals surface area contributed by atoms with Crippen LogP contribution in [0.2, 0.25) is 10.0 Å². The molecule has 6 heteroatoms. The number of halogens is 2. The Bertz CT molecular complexity index is 836. The van der Waals surface area contributed by atoms with Crippen molar-refractivity contribution < 1.29 is 0 Å². The first-order valence-electron chi connectivity index (χ1n) is 5.59. The first-order chi connectivity index (χ1) is 9.06. The molecule has 2 aromatic heterocycles. The molecule has 2 heterocycles. The maximum atomic E-state index is 6.23. The summed E-state index contributed by atoms with van der Waals surface area (Å²) in [7, 11) is 0. The SMILES string of the molecule is Cc1cnc2c(c1)[nH]c(=S)n2-c1ccc(Cl)cc1Cl. The zero-order chi connectivity index (χ0) is 13.6. The fraction of sp³-hybridized carbons (Fsp3) is 0.0769. The van der Waals surface area contributed by atoms with Crippen molar-refractivity contribution in [3.8, 4) is 5.69 Å². The fourth-order valence-electron chi connectivity index (χ4n) is 1.99. The van der Waals surface area contributed by atoms with E-state index in [1.54, 1.807) is 18.3 Å². The average Bonchev–Trinajstić information content (AvgIpc) is 2.65. The van der Waals surface area contributed by atoms with Crippen LogP contribution in [0, 0.1) is 11.7 Å². The molecule has 0 aliphatic carbocycles. The second-order valence-electron chi connectivity index (χ2n) is 4.25. The summed E-state index contributed by atoms with van der Waals surface area (Å²) in [4.78, 5) is 7.55. The number of H-pyrrole nitrogens is 1. The number of rotatable bonds is 1. The molecule has 0 unspecified atom stereocenters. The van der Waals surface area contributed by atoms with E-state index in [0.29, 0.717) is 14.8 Å². The Morgan fingerprint density at radius 3 is 2.79 bits per heavy atom. The molecule has 1 aromatic carbocycles. The number of imidazole rings is 1. The van der Waals surface area contributed by atoms with E-state index in [-0.39, 0.29) is 0 Å². The summed E-state index contributed by atoms with van der Waals surface area (Å²) in [5.74, 6) is 0. The van der Waals surface area contributed by atoms with Gasteiger partial charge >= 0.3 is 0 Å². The quantitative estimate of drug-likeness (QED) is 0.661. The standard InChI is InChI=1S/C13H9Cl2N3S/c1-7-4-10-12(16-6-7)18(13(19)17-10)11-3-2-8(14)5-9(11)15/h2-6H,1H3,(H,17,19). The Labute approximate surface area is 124 Å². The number of fused-ring (bicyclic) bond motifs is 1. The van der Waals surface area contributed by atoms with E-state index < -0.39 is 0 Å². The molecule has 0 spiro atoms. The molecule has 0 radical (unpaired) electrons. The Balaban J connectivity index is 2.36. The van der Waals surface area contributed by atoms with E-state index in [9.17, 15) is 0 Å². The summed E-state index contributed by atoms with van der Waals surface area (Å²) in [5, 5.41) is 1.12. The summed E-state index contributed by atoms with van der Waals surface area (Å²) in [5.41, 5.74) is 3.47. The lowest BCUT2D eigenvalue weighted by atomic mass is 10.3. The van der Waals surface area contributed by atoms with Crippen LogP contribution < -0.4 is 0 Å². The highest BCUT2D eigenvalue weighted by Crippen LogP contribution is 2.27. The maximum Gasteiger partial charge on any atom is 0.184 e. The highest BCUT2D eigenvalue weighted by molar-refractivity contribution is 7.71. The van der Waals surface area contributed by atoms with Gasteiger partial charge in [0, 0.05) is 11.2 Å². The first-order valence-corrected chi connectivity index (χ1v) is 6.75. The number of nitrogens with one attached hydrogen (secondary N) is 1. The van der Waals surface area contributed by atoms with E-state index in [2.05, 4.69) is 9.97 Å². The van der Waals surface area contributed by atoms with Crippen LogP contribution in [0.5, 0.6) is 0 Å². The second kappa shape index (κ2) is 4.63. The van der Waals surface area contributed by atoms with Crippen LogP contribution in [0.25, 0.3) is 16.9 Å². The van der Waals surface area contributed by atoms with Gasteiger partial charge in [-0.2, -0.15) is 0 Å². The molecule has 19 heavy (non-hydrogen) atoms. The Morgan fingerprint density at radius 1 is 1.26 bits per heavy atom. The van der Waals surface area contributed by atoms with Gasteiger partial charge < -0.3 is 4.98 Å². The molecule has 0 saturated carbocycles. The number of aromatic nitrogens is 3. The summed E-state index contributed by atoms with van der Waals surface area (Å²) >= 11 is 17.5. The molecule has 3 nitrogen and oxygen atoms in total. The molecule has 96 valence electrons. The van der Waals surface area contributed by atoms with Gasteiger partial charge in [-0.1, -0.05) is 23.2 Å². The Kier molecular flexibility index (Phi) is 3.09. The third-order valence-electron chi connectivity index (χ3n) is 2.81. The third-order valence-corrected chi connectivity index (χ3v) is 3.63. The molecule has 0 fully saturated rings. The molecule has 3 rings (SSSR count). The third kappa shape index (κ3) is 2.16. The van der Waals surface area contributed by atoms with E-state index in [1.807, 2.05) is 23.6 Å². The minimum atomic E-state index is 0.534. The van der Waals surface area contributed by atoms with Gasteiger partial charge in [0.2, 0.25) is 0 Å². The van der Waals surface area contributed by atoms with Crippen molar-refractivity contribution in [2.24, 2.45) is 0 Å². The van der Waals surface area contributed by atoms with E-state index in [0.717, 1.165) is 22.4 Å². The minimum absolute atomic E-state index is 0.534. The van der Waals surface area contributed by atoms with Crippen LogP contribution >= 0.6 is 35.4 Å². The molecule has 0 saturated heterocycles. The predicted molar refractivity (Wildman–Crippen MR) is 81.0 cm³/mol. The molecular weight excluding hydrogens is 301 g/mol. The van der Waals surface area contributed by atoms with Gasteiger partial charge in [0.1, 0.15) is 0 Å². The summed E-state index contributed by atoms with van der Waals surface area (Å²) in [6, 6.07) is 7.29. The molecule has 0 aliphatic rings. The predicted octanol–water partition coefficient (Wildman–Crippen LogP) is 4.70. The van der Waals surface area contributed by atoms with Crippen LogP contribution in [-0.4, -0.2) is 14.5 Å². The minimum Gasteiger partial charge on any atom is -0.329 e. The van der Waals surface area contributed by atoms with E-state index in [1.165, 1.54) is 0 Å². The lowest BCUT2D eigenvalue weighted by molar-refractivity contribution is 1.04. The summed E-state index contributed by atoms with van der Waals surface area (Å²) in [6.07, 6.45) is 1.80. The van der Waals surface area contributed by atoms with Crippen molar-refractivity contribution in [3.05, 3.63) is 50.8 Å². The molecule has 0 aliphatic heterocycles. The number of aromatic amines is 1. The van der Waals surface area contributed by atoms with Gasteiger partial charge in [-0.05, 0) is 49.0 Å². The van der Waals surface area contributed by atoms with Crippen molar-refractivity contribution >= 4 is 46.6 Å². The molecular formula is C13H9Cl2N3S. The normalized spacial score (nSPS) is 11.1. The zero-order valence-electron chi connectivity index (χ0n) is 9.95. The number of aryl methyl sites for hydroxylation is 1. The number of nitrogens with zero attached hydrogens (tertiary/aromatic N) is 2. The zero-order valence-corrected chi connectivity index (χ0v) is 12.3. The maximum absolute atomic E-state index is 6.23. The summed E-state index contributed by atoms with van der Waals surface area (Å²) < 4.78 is 2.36. The molecule has 3 aromatic rings. The molecule has 0 amide bonds. The van der Waals surface area contributed by atoms with Crippen LogP contribution in [0.15, 0.2) is 30.5 Å². The lowest BCUT2D eigenvalue weighted by Crippen LogP contribution is -1.96. The summed E-state index contributed by atoms with van der Waals surface area (Å²) in [6.45, 7) is 1.98. The largest absolute Gasteiger partial charge is 0.329 e. The molecule has 0 atom stereocenters. The average molecular weight is 310 g/mol. The van der Waals surface area contributed by atoms with Gasteiger partial charge in [-0.25, -0.2) is 4.98 Å². The highest BCUT2D eigenvalue weighted by Gasteiger charge is 2.11. The smallest absolute Gasteiger partial charge is 0.184 e. The highest BCUT2D eigenvalue weighted by atomic mass is 35.5. The van der Waals surface area contributed by atoms with Crippen molar-refractivity contribution in [1.82, 2.24) is 14.5 Å². The van der Waals surface area contributed by atoms with Crippen molar-refractivity contribution in [3.63, 3.8) is 0 Å². The van der Waals surface area contributed by atoms with E-state index >= 15 is 0 Å². The van der Waals surface area contributed by atoms with Crippen LogP contribution in [0.1, 0.15) is 5.56 Å². The molecule has 0 bridgehead atoms. The van der Waals surface area contributed by atoms with Crippen LogP contribution in [-0.2, 0) is 0 Å². The number of hydrogen-bond acceptors (Lipinski definition) is 2. The fourth-order valence-corrected chi connectivity index (χ4v) is 2.77. The van der Waals surface area contributed by atoms with Crippen molar-refractivity contribution in [2.45, 2.75) is 6.92 Å². The van der Waals surface area contributed by atoms with E-state index in [4.69, 9.17) is 35.4 Å².